The van der Waals surface area contributed by atoms with Crippen LogP contribution in [0.3, 0.4) is 0 Å². The quantitative estimate of drug-likeness (QED) is 0.506. The molecule has 1 heterocycles. The molecule has 0 aromatic heterocycles. The summed E-state index contributed by atoms with van der Waals surface area (Å²) in [6.45, 7) is 6.27. The molecule has 1 N–H and O–H groups in total. The van der Waals surface area contributed by atoms with Gasteiger partial charge in [0.15, 0.2) is 15.8 Å². The van der Waals surface area contributed by atoms with Gasteiger partial charge in [-0.15, -0.1) is 0 Å². The first-order chi connectivity index (χ1) is 14.4. The van der Waals surface area contributed by atoms with Crippen molar-refractivity contribution in [1.82, 2.24) is 10.4 Å². The van der Waals surface area contributed by atoms with Gasteiger partial charge in [-0.1, -0.05) is 36.0 Å². The number of carbonyl (C=O) groups is 2. The third-order valence-electron chi connectivity index (χ3n) is 3.97. The molecule has 1 aliphatic rings. The van der Waals surface area contributed by atoms with Gasteiger partial charge in [0.2, 0.25) is 0 Å². The van der Waals surface area contributed by atoms with E-state index >= 15 is 0 Å². The predicted octanol–water partition coefficient (Wildman–Crippen LogP) is 4.42. The van der Waals surface area contributed by atoms with E-state index in [9.17, 15) is 9.59 Å². The molecule has 0 unspecified atom stereocenters. The molecule has 2 aromatic rings. The van der Waals surface area contributed by atoms with E-state index in [0.717, 1.165) is 22.3 Å². The predicted molar refractivity (Wildman–Crippen MR) is 122 cm³/mol. The van der Waals surface area contributed by atoms with Crippen LogP contribution in [0, 0.1) is 0 Å². The Labute approximate surface area is 185 Å². The highest BCUT2D eigenvalue weighted by atomic mass is 32.2. The van der Waals surface area contributed by atoms with E-state index in [1.54, 1.807) is 30.3 Å². The highest BCUT2D eigenvalue weighted by Gasteiger charge is 2.33. The highest BCUT2D eigenvalue weighted by molar-refractivity contribution is 8.26. The van der Waals surface area contributed by atoms with Gasteiger partial charge in [-0.2, -0.15) is 5.01 Å². The van der Waals surface area contributed by atoms with Gasteiger partial charge in [0.05, 0.1) is 17.6 Å². The van der Waals surface area contributed by atoms with Crippen LogP contribution in [0.15, 0.2) is 53.4 Å². The summed E-state index contributed by atoms with van der Waals surface area (Å²) in [6, 6.07) is 14.1. The molecule has 0 atom stereocenters. The number of thioether (sulfide) groups is 1. The van der Waals surface area contributed by atoms with Crippen molar-refractivity contribution >= 4 is 46.2 Å². The first-order valence-electron chi connectivity index (χ1n) is 9.46. The molecule has 1 aliphatic heterocycles. The van der Waals surface area contributed by atoms with Crippen LogP contribution in [0.5, 0.6) is 11.5 Å². The third kappa shape index (κ3) is 5.20. The summed E-state index contributed by atoms with van der Waals surface area (Å²) in [5, 5.41) is 1.10. The Balaban J connectivity index is 1.79. The lowest BCUT2D eigenvalue weighted by atomic mass is 10.2. The molecule has 1 saturated heterocycles. The zero-order chi connectivity index (χ0) is 21.7. The Morgan fingerprint density at radius 1 is 1.20 bits per heavy atom. The van der Waals surface area contributed by atoms with Crippen LogP contribution in [0.1, 0.15) is 36.7 Å². The van der Waals surface area contributed by atoms with Crippen molar-refractivity contribution in [1.29, 1.82) is 0 Å². The molecule has 0 bridgehead atoms. The molecule has 8 heteroatoms. The van der Waals surface area contributed by atoms with Crippen LogP contribution in [0.4, 0.5) is 0 Å². The van der Waals surface area contributed by atoms with Gasteiger partial charge in [-0.25, -0.2) is 0 Å². The number of carbonyl (C=O) groups excluding carboxylic acids is 2. The molecule has 0 spiro atoms. The number of hydrogen-bond acceptors (Lipinski definition) is 6. The Hall–Kier alpha value is -2.84. The SMILES string of the molecule is CCOc1cc(/C=C2/SC(=S)N(NC(=O)c3ccccc3)C2=O)ccc1OC(C)C. The second kappa shape index (κ2) is 9.77. The Morgan fingerprint density at radius 2 is 1.93 bits per heavy atom. The topological polar surface area (TPSA) is 67.9 Å². The van der Waals surface area contributed by atoms with Gasteiger partial charge in [0, 0.05) is 5.56 Å². The van der Waals surface area contributed by atoms with Crippen molar-refractivity contribution in [2.75, 3.05) is 6.61 Å². The van der Waals surface area contributed by atoms with Crippen molar-refractivity contribution in [3.05, 3.63) is 64.6 Å². The summed E-state index contributed by atoms with van der Waals surface area (Å²) >= 11 is 6.41. The van der Waals surface area contributed by atoms with Crippen molar-refractivity contribution in [2.24, 2.45) is 0 Å². The minimum Gasteiger partial charge on any atom is -0.490 e. The van der Waals surface area contributed by atoms with E-state index in [0.29, 0.717) is 28.6 Å². The average molecular weight is 443 g/mol. The number of nitrogens with zero attached hydrogens (tertiary/aromatic N) is 1. The Kier molecular flexibility index (Phi) is 7.12. The van der Waals surface area contributed by atoms with E-state index < -0.39 is 5.91 Å². The minimum atomic E-state index is -0.401. The van der Waals surface area contributed by atoms with E-state index in [2.05, 4.69) is 5.43 Å². The van der Waals surface area contributed by atoms with Crippen molar-refractivity contribution < 1.29 is 19.1 Å². The maximum Gasteiger partial charge on any atom is 0.285 e. The van der Waals surface area contributed by atoms with Crippen LogP contribution in [-0.4, -0.2) is 33.9 Å². The molecule has 2 aromatic carbocycles. The molecular formula is C22H22N2O4S2. The maximum absolute atomic E-state index is 12.8. The normalized spacial score (nSPS) is 15.1. The molecule has 156 valence electrons. The molecule has 3 rings (SSSR count). The minimum absolute atomic E-state index is 0.0135. The Morgan fingerprint density at radius 3 is 2.60 bits per heavy atom. The largest absolute Gasteiger partial charge is 0.490 e. The lowest BCUT2D eigenvalue weighted by molar-refractivity contribution is -0.123. The van der Waals surface area contributed by atoms with Crippen LogP contribution < -0.4 is 14.9 Å². The van der Waals surface area contributed by atoms with Gasteiger partial charge in [-0.3, -0.25) is 15.0 Å². The summed E-state index contributed by atoms with van der Waals surface area (Å²) in [4.78, 5) is 25.6. The number of ether oxygens (including phenoxy) is 2. The summed E-state index contributed by atoms with van der Waals surface area (Å²) in [6.07, 6.45) is 1.73. The first-order valence-corrected chi connectivity index (χ1v) is 10.7. The lowest BCUT2D eigenvalue weighted by Crippen LogP contribution is -2.44. The fourth-order valence-corrected chi connectivity index (χ4v) is 3.88. The van der Waals surface area contributed by atoms with Crippen molar-refractivity contribution in [2.45, 2.75) is 26.9 Å². The van der Waals surface area contributed by atoms with Gasteiger partial charge in [-0.05, 0) is 68.9 Å². The fourth-order valence-electron chi connectivity index (χ4n) is 2.71. The van der Waals surface area contributed by atoms with E-state index in [1.807, 2.05) is 45.0 Å². The monoisotopic (exact) mass is 442 g/mol. The van der Waals surface area contributed by atoms with E-state index in [-0.39, 0.29) is 16.3 Å². The average Bonchev–Trinajstić information content (AvgIpc) is 2.98. The van der Waals surface area contributed by atoms with E-state index in [4.69, 9.17) is 21.7 Å². The number of amides is 2. The maximum atomic E-state index is 12.8. The second-order valence-electron chi connectivity index (χ2n) is 6.63. The fraction of sp³-hybridized carbons (Fsp3) is 0.227. The zero-order valence-corrected chi connectivity index (χ0v) is 18.5. The number of benzene rings is 2. The third-order valence-corrected chi connectivity index (χ3v) is 5.27. The highest BCUT2D eigenvalue weighted by Crippen LogP contribution is 2.34. The molecule has 6 nitrogen and oxygen atoms in total. The summed E-state index contributed by atoms with van der Waals surface area (Å²) < 4.78 is 11.7. The number of thiocarbonyl (C=S) groups is 1. The molecule has 1 fully saturated rings. The van der Waals surface area contributed by atoms with E-state index in [1.165, 1.54) is 0 Å². The molecular weight excluding hydrogens is 420 g/mol. The van der Waals surface area contributed by atoms with Crippen LogP contribution in [-0.2, 0) is 4.79 Å². The second-order valence-corrected chi connectivity index (χ2v) is 8.31. The zero-order valence-electron chi connectivity index (χ0n) is 16.9. The molecule has 0 saturated carbocycles. The first kappa shape index (κ1) is 21.9. The lowest BCUT2D eigenvalue weighted by Gasteiger charge is -2.15. The van der Waals surface area contributed by atoms with Crippen LogP contribution in [0.25, 0.3) is 6.08 Å². The summed E-state index contributed by atoms with van der Waals surface area (Å²) in [5.41, 5.74) is 3.78. The number of rotatable bonds is 7. The molecule has 0 radical (unpaired) electrons. The Bertz CT molecular complexity index is 990. The van der Waals surface area contributed by atoms with Crippen molar-refractivity contribution in [3.8, 4) is 11.5 Å². The van der Waals surface area contributed by atoms with Crippen molar-refractivity contribution in [3.63, 3.8) is 0 Å². The van der Waals surface area contributed by atoms with Gasteiger partial charge >= 0.3 is 0 Å². The molecule has 30 heavy (non-hydrogen) atoms. The summed E-state index contributed by atoms with van der Waals surface area (Å²) in [5.74, 6) is 0.469. The van der Waals surface area contributed by atoms with Gasteiger partial charge < -0.3 is 9.47 Å². The van der Waals surface area contributed by atoms with Crippen LogP contribution in [0.2, 0.25) is 0 Å². The summed E-state index contributed by atoms with van der Waals surface area (Å²) in [7, 11) is 0. The number of nitrogens with one attached hydrogen (secondary N) is 1. The molecule has 0 aliphatic carbocycles. The molecule has 2 amide bonds. The van der Waals surface area contributed by atoms with Gasteiger partial charge in [0.25, 0.3) is 11.8 Å². The standard InChI is InChI=1S/C22H22N2O4S2/c1-4-27-18-12-15(10-11-17(18)28-14(2)3)13-19-21(26)24(22(29)30-19)23-20(25)16-8-6-5-7-9-16/h5-14H,4H2,1-3H3,(H,23,25)/b19-13+. The number of hydrogen-bond donors (Lipinski definition) is 1. The van der Waals surface area contributed by atoms with Gasteiger partial charge in [0.1, 0.15) is 0 Å². The van der Waals surface area contributed by atoms with Crippen LogP contribution >= 0.6 is 24.0 Å². The smallest absolute Gasteiger partial charge is 0.285 e. The number of hydrazine groups is 1.